The van der Waals surface area contributed by atoms with Crippen molar-refractivity contribution < 1.29 is 4.57 Å². The van der Waals surface area contributed by atoms with Crippen LogP contribution < -0.4 is 0 Å². The molecule has 260 valence electrons. The number of hydrogen-bond donors (Lipinski definition) is 0. The summed E-state index contributed by atoms with van der Waals surface area (Å²) in [6.45, 7) is 0. The van der Waals surface area contributed by atoms with E-state index in [2.05, 4.69) is 42.0 Å². The van der Waals surface area contributed by atoms with Crippen LogP contribution in [0.1, 0.15) is 0 Å². The van der Waals surface area contributed by atoms with Crippen LogP contribution in [0.4, 0.5) is 0 Å². The molecule has 21 heteroatoms. The first-order valence-corrected chi connectivity index (χ1v) is 21.8. The molecule has 0 aromatic heterocycles. The summed E-state index contributed by atoms with van der Waals surface area (Å²) in [7, 11) is 28.5. The van der Waals surface area contributed by atoms with Gasteiger partial charge in [0.05, 0.1) is 0 Å². The minimum absolute atomic E-state index is 1.69. The molecule has 0 aliphatic carbocycles. The van der Waals surface area contributed by atoms with Gasteiger partial charge < -0.3 is 0 Å². The predicted octanol–water partition coefficient (Wildman–Crippen LogP) is 5.06. The van der Waals surface area contributed by atoms with Crippen molar-refractivity contribution >= 4 is 37.6 Å². The minimum atomic E-state index is -3.65. The van der Waals surface area contributed by atoms with Crippen LogP contribution in [0, 0.1) is 0 Å². The van der Waals surface area contributed by atoms with Crippen LogP contribution in [0.5, 0.6) is 0 Å². The molecule has 0 heterocycles. The van der Waals surface area contributed by atoms with Crippen molar-refractivity contribution in [3.8, 4) is 0 Å². The van der Waals surface area contributed by atoms with Crippen molar-refractivity contribution in [2.24, 2.45) is 18.1 Å². The maximum absolute atomic E-state index is 15.1. The highest BCUT2D eigenvalue weighted by atomic mass is 31.3. The monoisotopic (exact) mass is 711 g/mol. The largest absolute Gasteiger partial charge is 0.331 e. The summed E-state index contributed by atoms with van der Waals surface area (Å²) < 4.78 is 60.6. The average Bonchev–Trinajstić information content (AvgIpc) is 2.82. The summed E-state index contributed by atoms with van der Waals surface area (Å²) >= 11 is 0. The Hall–Kier alpha value is 0.710. The van der Waals surface area contributed by atoms with Gasteiger partial charge in [-0.25, -0.2) is 9.34 Å². The van der Waals surface area contributed by atoms with Crippen LogP contribution in [0.25, 0.3) is 0 Å². The molecular formula is C22H66N15OP5. The molecule has 0 radical (unpaired) electrons. The molecule has 0 bridgehead atoms. The smallest absolute Gasteiger partial charge is 0.262 e. The van der Waals surface area contributed by atoms with Gasteiger partial charge in [0, 0.05) is 0 Å². The molecule has 0 fully saturated rings. The summed E-state index contributed by atoms with van der Waals surface area (Å²) in [4.78, 5) is 0. The molecule has 16 nitrogen and oxygen atoms in total. The van der Waals surface area contributed by atoms with Crippen molar-refractivity contribution in [2.45, 2.75) is 0 Å². The van der Waals surface area contributed by atoms with Crippen molar-refractivity contribution in [1.29, 1.82) is 0 Å². The number of nitrogens with zero attached hydrogens (tertiary/aromatic N) is 15. The molecule has 0 aliphatic heterocycles. The third-order valence-corrected chi connectivity index (χ3v) is 26.2. The van der Waals surface area contributed by atoms with Gasteiger partial charge in [-0.3, -0.25) is 46.6 Å². The van der Waals surface area contributed by atoms with E-state index in [1.807, 2.05) is 127 Å². The Morgan fingerprint density at radius 2 is 0.442 bits per heavy atom. The van der Waals surface area contributed by atoms with E-state index in [-0.39, 0.29) is 0 Å². The first-order valence-electron chi connectivity index (χ1n) is 13.8. The normalized spacial score (nSPS) is 14.8. The topological polar surface area (TPSA) is 102 Å². The third kappa shape index (κ3) is 8.60. The van der Waals surface area contributed by atoms with E-state index in [1.54, 1.807) is 37.5 Å². The molecule has 0 aromatic rings. The molecule has 0 rings (SSSR count). The molecule has 0 N–H and O–H groups in total. The Kier molecular flexibility index (Phi) is 16.5. The molecule has 0 spiro atoms. The minimum Gasteiger partial charge on any atom is -0.262 e. The zero-order valence-electron chi connectivity index (χ0n) is 31.4. The number of hydrogen-bond acceptors (Lipinski definition) is 1. The van der Waals surface area contributed by atoms with Gasteiger partial charge in [0.2, 0.25) is 0 Å². The van der Waals surface area contributed by atoms with Crippen LogP contribution in [-0.4, -0.2) is 206 Å². The molecule has 0 amide bonds. The highest BCUT2D eigenvalue weighted by Gasteiger charge is 2.44. The Morgan fingerprint density at radius 3 is 0.558 bits per heavy atom. The molecule has 43 heavy (non-hydrogen) atoms. The lowest BCUT2D eigenvalue weighted by Gasteiger charge is -2.46. The van der Waals surface area contributed by atoms with Gasteiger partial charge in [0.15, 0.2) is 22.5 Å². The summed E-state index contributed by atoms with van der Waals surface area (Å²) in [5.74, 6) is 0. The van der Waals surface area contributed by atoms with Crippen molar-refractivity contribution in [1.82, 2.24) is 51.4 Å². The fourth-order valence-electron chi connectivity index (χ4n) is 5.20. The van der Waals surface area contributed by atoms with E-state index in [0.29, 0.717) is 0 Å². The summed E-state index contributed by atoms with van der Waals surface area (Å²) in [5.41, 5.74) is 0. The molecule has 0 aromatic carbocycles. The quantitative estimate of drug-likeness (QED) is 0.213. The molecule has 0 aliphatic rings. The Balaban J connectivity index is 10.0. The third-order valence-electron chi connectivity index (χ3n) is 6.83. The van der Waals surface area contributed by atoms with Gasteiger partial charge in [0.1, 0.15) is 0 Å². The summed E-state index contributed by atoms with van der Waals surface area (Å²) in [6, 6.07) is 0. The van der Waals surface area contributed by atoms with Crippen LogP contribution >= 0.6 is 37.6 Å². The van der Waals surface area contributed by atoms with Gasteiger partial charge in [-0.05, 0) is 155 Å². The Labute approximate surface area is 266 Å². The van der Waals surface area contributed by atoms with E-state index in [9.17, 15) is 0 Å². The zero-order chi connectivity index (χ0) is 34.7. The highest BCUT2D eigenvalue weighted by Crippen LogP contribution is 2.80. The predicted molar refractivity (Wildman–Crippen MR) is 196 cm³/mol. The van der Waals surface area contributed by atoms with Crippen molar-refractivity contribution in [3.05, 3.63) is 0 Å². The van der Waals surface area contributed by atoms with Gasteiger partial charge >= 0.3 is 15.1 Å². The molecule has 0 saturated heterocycles. The van der Waals surface area contributed by atoms with Crippen LogP contribution in [0.3, 0.4) is 0 Å². The second-order valence-electron chi connectivity index (χ2n) is 12.3. The maximum atomic E-state index is 15.1. The lowest BCUT2D eigenvalue weighted by Crippen LogP contribution is -2.32. The van der Waals surface area contributed by atoms with Crippen molar-refractivity contribution in [2.75, 3.05) is 155 Å². The second-order valence-corrected chi connectivity index (χ2v) is 29.3. The fraction of sp³-hybridized carbons (Fsp3) is 1.00. The van der Waals surface area contributed by atoms with E-state index in [4.69, 9.17) is 18.1 Å². The molecule has 0 unspecified atom stereocenters. The first kappa shape index (κ1) is 43.7. The Morgan fingerprint density at radius 1 is 0.279 bits per heavy atom. The maximum Gasteiger partial charge on any atom is 0.331 e. The summed E-state index contributed by atoms with van der Waals surface area (Å²) in [5, 5.41) is 0. The van der Waals surface area contributed by atoms with E-state index >= 15 is 4.57 Å². The van der Waals surface area contributed by atoms with Crippen LogP contribution in [0.15, 0.2) is 18.1 Å². The molecule has 0 atom stereocenters. The lowest BCUT2D eigenvalue weighted by atomic mass is 11.2. The highest BCUT2D eigenvalue weighted by molar-refractivity contribution is 7.83. The van der Waals surface area contributed by atoms with Crippen LogP contribution in [0.2, 0.25) is 0 Å². The van der Waals surface area contributed by atoms with Crippen LogP contribution in [-0.2, 0) is 4.57 Å². The first-order chi connectivity index (χ1) is 19.2. The van der Waals surface area contributed by atoms with Gasteiger partial charge in [-0.1, -0.05) is 0 Å². The van der Waals surface area contributed by atoms with Gasteiger partial charge in [0.25, 0.3) is 0 Å². The molecular weight excluding hydrogens is 645 g/mol. The average molecular weight is 712 g/mol. The van der Waals surface area contributed by atoms with E-state index in [1.165, 1.54) is 0 Å². The van der Waals surface area contributed by atoms with E-state index < -0.39 is 37.6 Å². The zero-order valence-corrected chi connectivity index (χ0v) is 35.8. The van der Waals surface area contributed by atoms with Crippen molar-refractivity contribution in [3.63, 3.8) is 0 Å². The van der Waals surface area contributed by atoms with Gasteiger partial charge in [-0.2, -0.15) is 18.1 Å². The SMILES string of the molecule is CN(C)P(=O)(N=P(N=P(N(C)C)(N(C)C)N(C)C)(N=P(N(C)C)(N(C)C)N(C)C)N=P(N(C)C)(N(C)C)N(C)C)N(C)C. The van der Waals surface area contributed by atoms with Gasteiger partial charge in [-0.15, -0.1) is 0 Å². The Bertz CT molecular complexity index is 978. The second kappa shape index (κ2) is 16.2. The fourth-order valence-corrected chi connectivity index (χ4v) is 27.3. The molecule has 0 saturated carbocycles. The standard InChI is InChI=1S/C22H66N15OP5/c1-27(2)40(28(3)4,29(5)6)23-39(26-43(38,36(19)20)37(21)22,24-41(30(7)8,31(9)10)32(11)12)25-42(33(13)14,34(15)16)35(17)18/h1-22H3. The summed E-state index contributed by atoms with van der Waals surface area (Å²) in [6.07, 6.45) is 0. The lowest BCUT2D eigenvalue weighted by molar-refractivity contribution is 0.450. The van der Waals surface area contributed by atoms with E-state index in [0.717, 1.165) is 0 Å². The number of rotatable bonds is 15.